The lowest BCUT2D eigenvalue weighted by Crippen LogP contribution is -2.19. The lowest BCUT2D eigenvalue weighted by molar-refractivity contribution is 0.146. The molecule has 6 nitrogen and oxygen atoms in total. The van der Waals surface area contributed by atoms with Crippen LogP contribution in [0.2, 0.25) is 5.02 Å². The van der Waals surface area contributed by atoms with E-state index < -0.39 is 0 Å². The Morgan fingerprint density at radius 1 is 1.11 bits per heavy atom. The van der Waals surface area contributed by atoms with Crippen molar-refractivity contribution < 1.29 is 14.2 Å². The smallest absolute Gasteiger partial charge is 0.257 e. The highest BCUT2D eigenvalue weighted by Gasteiger charge is 2.17. The zero-order chi connectivity index (χ0) is 19.8. The van der Waals surface area contributed by atoms with E-state index >= 15 is 0 Å². The van der Waals surface area contributed by atoms with Crippen LogP contribution in [0.25, 0.3) is 11.3 Å². The van der Waals surface area contributed by atoms with Crippen molar-refractivity contribution >= 4 is 17.4 Å². The van der Waals surface area contributed by atoms with E-state index in [2.05, 4.69) is 29.1 Å². The van der Waals surface area contributed by atoms with E-state index in [0.717, 1.165) is 24.1 Å². The summed E-state index contributed by atoms with van der Waals surface area (Å²) >= 11 is 6.48. The van der Waals surface area contributed by atoms with E-state index in [1.165, 1.54) is 0 Å². The van der Waals surface area contributed by atoms with Crippen molar-refractivity contribution in [3.05, 3.63) is 28.9 Å². The van der Waals surface area contributed by atoms with Crippen molar-refractivity contribution in [3.63, 3.8) is 0 Å². The standard InChI is InChI=1S/C20H28ClN3O3/c1-6-14(7-2)23-19-20(26-5)24-18(13(3)22-19)16-9-8-15(12-17(16)21)27-11-10-25-4/h8-9,12,14H,6-7,10-11H2,1-5H3,(H,22,23). The average Bonchev–Trinajstić information content (AvgIpc) is 2.67. The maximum atomic E-state index is 6.48. The number of aryl methyl sites for hydroxylation is 1. The fraction of sp³-hybridized carbons (Fsp3) is 0.500. The molecule has 0 atom stereocenters. The molecule has 0 saturated carbocycles. The highest BCUT2D eigenvalue weighted by molar-refractivity contribution is 6.33. The van der Waals surface area contributed by atoms with Crippen LogP contribution in [-0.2, 0) is 4.74 Å². The van der Waals surface area contributed by atoms with E-state index in [9.17, 15) is 0 Å². The number of hydrogen-bond acceptors (Lipinski definition) is 6. The van der Waals surface area contributed by atoms with Gasteiger partial charge in [-0.2, -0.15) is 0 Å². The molecule has 0 aliphatic heterocycles. The van der Waals surface area contributed by atoms with Gasteiger partial charge in [0.15, 0.2) is 5.82 Å². The van der Waals surface area contributed by atoms with Crippen LogP contribution in [0.1, 0.15) is 32.4 Å². The van der Waals surface area contributed by atoms with Crippen molar-refractivity contribution in [1.29, 1.82) is 0 Å². The first kappa shape index (κ1) is 21.3. The zero-order valence-electron chi connectivity index (χ0n) is 16.6. The molecule has 0 radical (unpaired) electrons. The second-order valence-electron chi connectivity index (χ2n) is 6.16. The summed E-state index contributed by atoms with van der Waals surface area (Å²) in [4.78, 5) is 9.33. The molecular formula is C20H28ClN3O3. The predicted octanol–water partition coefficient (Wildman–Crippen LogP) is 4.74. The molecule has 1 N–H and O–H groups in total. The number of rotatable bonds is 10. The number of methoxy groups -OCH3 is 2. The summed E-state index contributed by atoms with van der Waals surface area (Å²) in [6.45, 7) is 7.18. The fourth-order valence-electron chi connectivity index (χ4n) is 2.70. The first-order chi connectivity index (χ1) is 13.0. The highest BCUT2D eigenvalue weighted by Crippen LogP contribution is 2.34. The largest absolute Gasteiger partial charge is 0.491 e. The number of hydrogen-bond donors (Lipinski definition) is 1. The van der Waals surface area contributed by atoms with Crippen LogP contribution in [0.3, 0.4) is 0 Å². The van der Waals surface area contributed by atoms with Crippen molar-refractivity contribution in [2.24, 2.45) is 0 Å². The predicted molar refractivity (Wildman–Crippen MR) is 109 cm³/mol. The summed E-state index contributed by atoms with van der Waals surface area (Å²) in [6, 6.07) is 5.84. The molecule has 0 spiro atoms. The van der Waals surface area contributed by atoms with Crippen LogP contribution in [0.15, 0.2) is 18.2 Å². The van der Waals surface area contributed by atoms with Crippen molar-refractivity contribution in [1.82, 2.24) is 9.97 Å². The number of benzene rings is 1. The van der Waals surface area contributed by atoms with Gasteiger partial charge in [0, 0.05) is 18.7 Å². The first-order valence-electron chi connectivity index (χ1n) is 9.14. The molecule has 0 aliphatic carbocycles. The van der Waals surface area contributed by atoms with Crippen LogP contribution < -0.4 is 14.8 Å². The van der Waals surface area contributed by atoms with Gasteiger partial charge in [-0.3, -0.25) is 0 Å². The number of aromatic nitrogens is 2. The third-order valence-corrected chi connectivity index (χ3v) is 4.62. The van der Waals surface area contributed by atoms with Crippen LogP contribution in [0.4, 0.5) is 5.82 Å². The molecule has 0 bridgehead atoms. The number of nitrogens with one attached hydrogen (secondary N) is 1. The summed E-state index contributed by atoms with van der Waals surface area (Å²) in [6.07, 6.45) is 2.00. The molecule has 1 aromatic carbocycles. The summed E-state index contributed by atoms with van der Waals surface area (Å²) in [5.41, 5.74) is 2.25. The topological polar surface area (TPSA) is 65.5 Å². The van der Waals surface area contributed by atoms with Gasteiger partial charge < -0.3 is 19.5 Å². The molecule has 1 aromatic heterocycles. The number of nitrogens with zero attached hydrogens (tertiary/aromatic N) is 2. The van der Waals surface area contributed by atoms with E-state index in [1.807, 2.05) is 19.1 Å². The zero-order valence-corrected chi connectivity index (χ0v) is 17.4. The Morgan fingerprint density at radius 3 is 2.44 bits per heavy atom. The Kier molecular flexibility index (Phi) is 8.13. The Bertz CT molecular complexity index is 751. The molecular weight excluding hydrogens is 366 g/mol. The Hall–Kier alpha value is -2.05. The van der Waals surface area contributed by atoms with E-state index in [0.29, 0.717) is 47.4 Å². The molecule has 27 heavy (non-hydrogen) atoms. The van der Waals surface area contributed by atoms with Gasteiger partial charge >= 0.3 is 0 Å². The summed E-state index contributed by atoms with van der Waals surface area (Å²) < 4.78 is 16.1. The summed E-state index contributed by atoms with van der Waals surface area (Å²) in [5, 5.41) is 3.95. The molecule has 2 rings (SSSR count). The van der Waals surface area contributed by atoms with E-state index in [1.54, 1.807) is 20.3 Å². The van der Waals surface area contributed by atoms with Crippen molar-refractivity contribution in [3.8, 4) is 22.9 Å². The van der Waals surface area contributed by atoms with Gasteiger partial charge in [0.05, 0.1) is 30.1 Å². The van der Waals surface area contributed by atoms with Crippen molar-refractivity contribution in [2.45, 2.75) is 39.7 Å². The van der Waals surface area contributed by atoms with Gasteiger partial charge in [-0.25, -0.2) is 9.97 Å². The van der Waals surface area contributed by atoms with Crippen LogP contribution in [0, 0.1) is 6.92 Å². The Labute approximate surface area is 166 Å². The number of anilines is 1. The highest BCUT2D eigenvalue weighted by atomic mass is 35.5. The Morgan fingerprint density at radius 2 is 1.85 bits per heavy atom. The van der Waals surface area contributed by atoms with Gasteiger partial charge in [-0.05, 0) is 38.0 Å². The van der Waals surface area contributed by atoms with Gasteiger partial charge in [-0.15, -0.1) is 0 Å². The molecule has 148 valence electrons. The molecule has 0 fully saturated rings. The van der Waals surface area contributed by atoms with Gasteiger partial charge in [-0.1, -0.05) is 25.4 Å². The van der Waals surface area contributed by atoms with Gasteiger partial charge in [0.1, 0.15) is 12.4 Å². The lowest BCUT2D eigenvalue weighted by Gasteiger charge is -2.19. The quantitative estimate of drug-likeness (QED) is 0.588. The molecule has 0 unspecified atom stereocenters. The summed E-state index contributed by atoms with van der Waals surface area (Å²) in [5.74, 6) is 1.80. The number of halogens is 1. The SMILES string of the molecule is CCC(CC)Nc1nc(C)c(-c2ccc(OCCOC)cc2Cl)nc1OC. The monoisotopic (exact) mass is 393 g/mol. The van der Waals surface area contributed by atoms with E-state index in [4.69, 9.17) is 25.8 Å². The minimum atomic E-state index is 0.325. The third-order valence-electron chi connectivity index (χ3n) is 4.31. The molecule has 0 aliphatic rings. The van der Waals surface area contributed by atoms with Crippen LogP contribution in [0.5, 0.6) is 11.6 Å². The van der Waals surface area contributed by atoms with Crippen LogP contribution in [-0.4, -0.2) is 43.4 Å². The molecule has 1 heterocycles. The first-order valence-corrected chi connectivity index (χ1v) is 9.52. The molecule has 0 saturated heterocycles. The third kappa shape index (κ3) is 5.47. The van der Waals surface area contributed by atoms with Gasteiger partial charge in [0.25, 0.3) is 5.88 Å². The minimum absolute atomic E-state index is 0.325. The summed E-state index contributed by atoms with van der Waals surface area (Å²) in [7, 11) is 3.23. The lowest BCUT2D eigenvalue weighted by atomic mass is 10.1. The second kappa shape index (κ2) is 10.3. The second-order valence-corrected chi connectivity index (χ2v) is 6.56. The maximum Gasteiger partial charge on any atom is 0.257 e. The van der Waals surface area contributed by atoms with Crippen LogP contribution >= 0.6 is 11.6 Å². The minimum Gasteiger partial charge on any atom is -0.491 e. The van der Waals surface area contributed by atoms with Crippen molar-refractivity contribution in [2.75, 3.05) is 32.8 Å². The normalized spacial score (nSPS) is 10.9. The molecule has 2 aromatic rings. The average molecular weight is 394 g/mol. The van der Waals surface area contributed by atoms with Gasteiger partial charge in [0.2, 0.25) is 0 Å². The maximum absolute atomic E-state index is 6.48. The van der Waals surface area contributed by atoms with E-state index in [-0.39, 0.29) is 0 Å². The Balaban J connectivity index is 2.32. The molecule has 0 amide bonds. The molecule has 7 heteroatoms. The fourth-order valence-corrected chi connectivity index (χ4v) is 2.96. The number of ether oxygens (including phenoxy) is 3.